The van der Waals surface area contributed by atoms with Crippen molar-refractivity contribution in [1.82, 2.24) is 15.0 Å². The van der Waals surface area contributed by atoms with Gasteiger partial charge in [0.15, 0.2) is 5.65 Å². The standard InChI is InChI=1S/C21H13F2N3O/c22-15-6-5-12(16(23)10-15)9-20-25-17-7-14(11-24-21(17)26-20)19-8-13-3-1-2-4-18(13)27-19/h1-8,10-11H,9H2,(H,24,25,26). The number of hydrogen-bond acceptors (Lipinski definition) is 3. The van der Waals surface area contributed by atoms with E-state index in [1.807, 2.05) is 36.4 Å². The van der Waals surface area contributed by atoms with Crippen LogP contribution in [0, 0.1) is 11.6 Å². The van der Waals surface area contributed by atoms with Crippen molar-refractivity contribution < 1.29 is 13.2 Å². The first kappa shape index (κ1) is 15.7. The maximum absolute atomic E-state index is 13.9. The van der Waals surface area contributed by atoms with E-state index in [1.165, 1.54) is 12.1 Å². The average Bonchev–Trinajstić information content (AvgIpc) is 3.26. The highest BCUT2D eigenvalue weighted by Gasteiger charge is 2.12. The fourth-order valence-corrected chi connectivity index (χ4v) is 3.13. The number of imidazole rings is 1. The Kier molecular flexibility index (Phi) is 3.50. The van der Waals surface area contributed by atoms with Gasteiger partial charge in [0.25, 0.3) is 0 Å². The number of hydrogen-bond donors (Lipinski definition) is 1. The fourth-order valence-electron chi connectivity index (χ4n) is 3.13. The molecule has 0 amide bonds. The highest BCUT2D eigenvalue weighted by atomic mass is 19.1. The Morgan fingerprint density at radius 1 is 1.00 bits per heavy atom. The van der Waals surface area contributed by atoms with Crippen LogP contribution in [0.1, 0.15) is 11.4 Å². The summed E-state index contributed by atoms with van der Waals surface area (Å²) in [7, 11) is 0. The van der Waals surface area contributed by atoms with Gasteiger partial charge in [-0.15, -0.1) is 0 Å². The van der Waals surface area contributed by atoms with Gasteiger partial charge in [-0.05, 0) is 29.8 Å². The molecule has 0 saturated heterocycles. The second-order valence-electron chi connectivity index (χ2n) is 6.34. The molecule has 0 aliphatic heterocycles. The minimum atomic E-state index is -0.599. The van der Waals surface area contributed by atoms with Crippen molar-refractivity contribution in [3.63, 3.8) is 0 Å². The van der Waals surface area contributed by atoms with Crippen LogP contribution in [0.25, 0.3) is 33.5 Å². The molecule has 3 aromatic heterocycles. The first-order valence-corrected chi connectivity index (χ1v) is 8.43. The summed E-state index contributed by atoms with van der Waals surface area (Å²) < 4.78 is 32.8. The van der Waals surface area contributed by atoms with Gasteiger partial charge >= 0.3 is 0 Å². The van der Waals surface area contributed by atoms with Crippen LogP contribution in [-0.2, 0) is 6.42 Å². The third kappa shape index (κ3) is 2.85. The molecule has 27 heavy (non-hydrogen) atoms. The zero-order chi connectivity index (χ0) is 18.4. The molecule has 0 bridgehead atoms. The lowest BCUT2D eigenvalue weighted by atomic mass is 10.1. The Morgan fingerprint density at radius 3 is 2.74 bits per heavy atom. The monoisotopic (exact) mass is 361 g/mol. The van der Waals surface area contributed by atoms with Gasteiger partial charge in [-0.25, -0.2) is 18.7 Å². The first-order valence-electron chi connectivity index (χ1n) is 8.43. The fraction of sp³-hybridized carbons (Fsp3) is 0.0476. The van der Waals surface area contributed by atoms with Crippen LogP contribution in [-0.4, -0.2) is 15.0 Å². The van der Waals surface area contributed by atoms with Crippen LogP contribution < -0.4 is 0 Å². The van der Waals surface area contributed by atoms with Gasteiger partial charge in [0.2, 0.25) is 0 Å². The van der Waals surface area contributed by atoms with E-state index in [0.717, 1.165) is 22.6 Å². The molecule has 3 heterocycles. The second kappa shape index (κ2) is 6.02. The van der Waals surface area contributed by atoms with E-state index < -0.39 is 11.6 Å². The zero-order valence-corrected chi connectivity index (χ0v) is 14.0. The number of H-pyrrole nitrogens is 1. The number of aromatic amines is 1. The van der Waals surface area contributed by atoms with E-state index >= 15 is 0 Å². The molecule has 132 valence electrons. The number of aromatic nitrogens is 3. The van der Waals surface area contributed by atoms with E-state index in [-0.39, 0.29) is 6.42 Å². The number of para-hydroxylation sites is 1. The van der Waals surface area contributed by atoms with Crippen molar-refractivity contribution in [2.75, 3.05) is 0 Å². The lowest BCUT2D eigenvalue weighted by molar-refractivity contribution is 0.574. The van der Waals surface area contributed by atoms with E-state index in [1.54, 1.807) is 6.20 Å². The maximum atomic E-state index is 13.9. The SMILES string of the molecule is Fc1ccc(Cc2nc3cc(-c4cc5ccccc5o4)cnc3[nH]2)c(F)c1. The normalized spacial score (nSPS) is 11.5. The van der Waals surface area contributed by atoms with Crippen LogP contribution in [0.5, 0.6) is 0 Å². The maximum Gasteiger partial charge on any atom is 0.157 e. The van der Waals surface area contributed by atoms with Gasteiger partial charge in [-0.3, -0.25) is 0 Å². The van der Waals surface area contributed by atoms with E-state index in [4.69, 9.17) is 4.42 Å². The Hall–Kier alpha value is -3.54. The molecular weight excluding hydrogens is 348 g/mol. The molecule has 1 N–H and O–H groups in total. The third-order valence-corrected chi connectivity index (χ3v) is 4.47. The summed E-state index contributed by atoms with van der Waals surface area (Å²) >= 11 is 0. The molecule has 0 atom stereocenters. The summed E-state index contributed by atoms with van der Waals surface area (Å²) in [6, 6.07) is 15.1. The minimum Gasteiger partial charge on any atom is -0.456 e. The Morgan fingerprint density at radius 2 is 1.89 bits per heavy atom. The summed E-state index contributed by atoms with van der Waals surface area (Å²) in [5.74, 6) is 0.0777. The molecule has 6 heteroatoms. The average molecular weight is 361 g/mol. The summed E-state index contributed by atoms with van der Waals surface area (Å²) in [4.78, 5) is 12.0. The van der Waals surface area contributed by atoms with Crippen molar-refractivity contribution in [2.45, 2.75) is 6.42 Å². The Balaban J connectivity index is 1.51. The van der Waals surface area contributed by atoms with Crippen molar-refractivity contribution in [2.24, 2.45) is 0 Å². The molecule has 0 aliphatic carbocycles. The highest BCUT2D eigenvalue weighted by Crippen LogP contribution is 2.28. The number of benzene rings is 2. The molecule has 2 aromatic carbocycles. The van der Waals surface area contributed by atoms with E-state index in [0.29, 0.717) is 28.3 Å². The van der Waals surface area contributed by atoms with Crippen LogP contribution in [0.2, 0.25) is 0 Å². The number of pyridine rings is 1. The van der Waals surface area contributed by atoms with Gasteiger partial charge < -0.3 is 9.40 Å². The predicted octanol–water partition coefficient (Wildman–Crippen LogP) is 5.24. The molecule has 4 nitrogen and oxygen atoms in total. The largest absolute Gasteiger partial charge is 0.456 e. The molecule has 5 rings (SSSR count). The lowest BCUT2D eigenvalue weighted by Gasteiger charge is -2.00. The molecule has 0 spiro atoms. The number of fused-ring (bicyclic) bond motifs is 2. The van der Waals surface area contributed by atoms with Crippen molar-refractivity contribution in [1.29, 1.82) is 0 Å². The first-order chi connectivity index (χ1) is 13.2. The molecule has 5 aromatic rings. The molecule has 0 saturated carbocycles. The molecule has 0 fully saturated rings. The van der Waals surface area contributed by atoms with Crippen LogP contribution in [0.3, 0.4) is 0 Å². The highest BCUT2D eigenvalue weighted by molar-refractivity contribution is 5.84. The van der Waals surface area contributed by atoms with Gasteiger partial charge in [0.1, 0.15) is 34.3 Å². The van der Waals surface area contributed by atoms with Gasteiger partial charge in [-0.2, -0.15) is 0 Å². The number of nitrogens with zero attached hydrogens (tertiary/aromatic N) is 2. The van der Waals surface area contributed by atoms with Crippen LogP contribution in [0.4, 0.5) is 8.78 Å². The number of rotatable bonds is 3. The van der Waals surface area contributed by atoms with Crippen molar-refractivity contribution in [3.8, 4) is 11.3 Å². The van der Waals surface area contributed by atoms with Gasteiger partial charge in [0, 0.05) is 29.6 Å². The quantitative estimate of drug-likeness (QED) is 0.478. The molecule has 0 unspecified atom stereocenters. The Bertz CT molecular complexity index is 1260. The van der Waals surface area contributed by atoms with Crippen molar-refractivity contribution >= 4 is 22.1 Å². The van der Waals surface area contributed by atoms with Crippen LogP contribution >= 0.6 is 0 Å². The molecule has 0 radical (unpaired) electrons. The van der Waals surface area contributed by atoms with E-state index in [2.05, 4.69) is 15.0 Å². The Labute approximate surface area is 152 Å². The summed E-state index contributed by atoms with van der Waals surface area (Å²) in [5.41, 5.74) is 3.25. The van der Waals surface area contributed by atoms with Crippen molar-refractivity contribution in [3.05, 3.63) is 83.8 Å². The minimum absolute atomic E-state index is 0.225. The third-order valence-electron chi connectivity index (χ3n) is 4.47. The topological polar surface area (TPSA) is 54.7 Å². The summed E-state index contributed by atoms with van der Waals surface area (Å²) in [6.07, 6.45) is 1.93. The second-order valence-corrected chi connectivity index (χ2v) is 6.34. The zero-order valence-electron chi connectivity index (χ0n) is 14.0. The predicted molar refractivity (Wildman–Crippen MR) is 98.3 cm³/mol. The van der Waals surface area contributed by atoms with Gasteiger partial charge in [0.05, 0.1) is 0 Å². The number of nitrogens with one attached hydrogen (secondary N) is 1. The lowest BCUT2D eigenvalue weighted by Crippen LogP contribution is -1.95. The molecular formula is C21H13F2N3O. The number of furan rings is 1. The molecule has 0 aliphatic rings. The number of halogens is 2. The smallest absolute Gasteiger partial charge is 0.157 e. The summed E-state index contributed by atoms with van der Waals surface area (Å²) in [6.45, 7) is 0. The van der Waals surface area contributed by atoms with Gasteiger partial charge in [-0.1, -0.05) is 24.3 Å². The van der Waals surface area contributed by atoms with Crippen LogP contribution in [0.15, 0.2) is 65.2 Å². The summed E-state index contributed by atoms with van der Waals surface area (Å²) in [5, 5.41) is 1.02. The van der Waals surface area contributed by atoms with E-state index in [9.17, 15) is 8.78 Å².